The van der Waals surface area contributed by atoms with Gasteiger partial charge in [0.05, 0.1) is 0 Å². The minimum atomic E-state index is -0.399. The van der Waals surface area contributed by atoms with Gasteiger partial charge < -0.3 is 15.5 Å². The summed E-state index contributed by atoms with van der Waals surface area (Å²) in [4.78, 5) is 25.2. The van der Waals surface area contributed by atoms with Crippen molar-refractivity contribution < 1.29 is 9.59 Å². The fourth-order valence-electron chi connectivity index (χ4n) is 2.34. The van der Waals surface area contributed by atoms with Crippen LogP contribution in [0.4, 0.5) is 4.79 Å². The molecule has 5 nitrogen and oxygen atoms in total. The monoisotopic (exact) mass is 307 g/mol. The number of hydrogen-bond donors (Lipinski definition) is 2. The molecule has 0 radical (unpaired) electrons. The Balaban J connectivity index is 1.74. The minimum absolute atomic E-state index is 0.0358. The normalized spacial score (nSPS) is 19.4. The van der Waals surface area contributed by atoms with Gasteiger partial charge in [-0.2, -0.15) is 0 Å². The zero-order valence-corrected chi connectivity index (χ0v) is 13.2. The first-order valence-electron chi connectivity index (χ1n) is 7.00. The van der Waals surface area contributed by atoms with E-state index in [0.29, 0.717) is 5.75 Å². The molecule has 2 N–H and O–H groups in total. The van der Waals surface area contributed by atoms with Crippen LogP contribution in [0.25, 0.3) is 0 Å². The Morgan fingerprint density at radius 3 is 2.81 bits per heavy atom. The van der Waals surface area contributed by atoms with Gasteiger partial charge in [0.1, 0.15) is 6.04 Å². The average Bonchev–Trinajstić information content (AvgIpc) is 2.86. The molecule has 0 spiro atoms. The molecule has 2 atom stereocenters. The van der Waals surface area contributed by atoms with Gasteiger partial charge >= 0.3 is 0 Å². The third kappa shape index (κ3) is 5.06. The Morgan fingerprint density at radius 2 is 2.19 bits per heavy atom. The summed E-state index contributed by atoms with van der Waals surface area (Å²) in [6.45, 7) is 3.58. The van der Waals surface area contributed by atoms with E-state index in [9.17, 15) is 9.59 Å². The Kier molecular flexibility index (Phi) is 5.64. The van der Waals surface area contributed by atoms with Crippen LogP contribution in [0.3, 0.4) is 0 Å². The molecule has 21 heavy (non-hydrogen) atoms. The van der Waals surface area contributed by atoms with E-state index in [2.05, 4.69) is 27.7 Å². The third-order valence-corrected chi connectivity index (χ3v) is 4.14. The van der Waals surface area contributed by atoms with Gasteiger partial charge in [0.15, 0.2) is 0 Å². The Labute approximate surface area is 129 Å². The average molecular weight is 307 g/mol. The van der Waals surface area contributed by atoms with Crippen molar-refractivity contribution in [2.45, 2.75) is 25.6 Å². The van der Waals surface area contributed by atoms with Crippen molar-refractivity contribution in [1.29, 1.82) is 0 Å². The Bertz CT molecular complexity index is 495. The molecule has 2 rings (SSSR count). The van der Waals surface area contributed by atoms with E-state index in [1.807, 2.05) is 32.2 Å². The highest BCUT2D eigenvalue weighted by atomic mass is 32.2. The highest BCUT2D eigenvalue weighted by Gasteiger charge is 2.28. The first-order chi connectivity index (χ1) is 10.0. The van der Waals surface area contributed by atoms with Crippen LogP contribution in [-0.4, -0.2) is 47.5 Å². The molecule has 1 aromatic carbocycles. The molecule has 1 aliphatic rings. The van der Waals surface area contributed by atoms with E-state index in [0.717, 1.165) is 24.9 Å². The SMILES string of the molecule is C[C@H](CN(C)Cc1ccccc1)NC(=O)[C@@H]1CSC(=O)N1. The molecular formula is C15H21N3O2S. The first kappa shape index (κ1) is 15.9. The van der Waals surface area contributed by atoms with Gasteiger partial charge in [-0.25, -0.2) is 0 Å². The van der Waals surface area contributed by atoms with Gasteiger partial charge in [0.2, 0.25) is 5.91 Å². The zero-order valence-electron chi connectivity index (χ0n) is 12.3. The molecular weight excluding hydrogens is 286 g/mol. The largest absolute Gasteiger partial charge is 0.351 e. The van der Waals surface area contributed by atoms with Crippen LogP contribution in [0.1, 0.15) is 12.5 Å². The maximum atomic E-state index is 12.0. The van der Waals surface area contributed by atoms with Crippen LogP contribution in [0.5, 0.6) is 0 Å². The summed E-state index contributed by atoms with van der Waals surface area (Å²) < 4.78 is 0. The van der Waals surface area contributed by atoms with E-state index in [1.54, 1.807) is 0 Å². The van der Waals surface area contributed by atoms with E-state index >= 15 is 0 Å². The number of thioether (sulfide) groups is 1. The molecule has 114 valence electrons. The van der Waals surface area contributed by atoms with Crippen LogP contribution in [0.2, 0.25) is 0 Å². The molecule has 0 aliphatic carbocycles. The number of amides is 2. The zero-order chi connectivity index (χ0) is 15.2. The predicted octanol–water partition coefficient (Wildman–Crippen LogP) is 1.45. The fraction of sp³-hybridized carbons (Fsp3) is 0.467. The summed E-state index contributed by atoms with van der Waals surface area (Å²) in [6, 6.07) is 9.86. The molecule has 1 fully saturated rings. The summed E-state index contributed by atoms with van der Waals surface area (Å²) in [7, 11) is 2.03. The molecule has 2 amide bonds. The molecule has 1 aromatic rings. The second-order valence-corrected chi connectivity index (χ2v) is 6.38. The van der Waals surface area contributed by atoms with Gasteiger partial charge in [-0.15, -0.1) is 0 Å². The van der Waals surface area contributed by atoms with Crippen LogP contribution in [0, 0.1) is 0 Å². The lowest BCUT2D eigenvalue weighted by atomic mass is 10.2. The van der Waals surface area contributed by atoms with Crippen molar-refractivity contribution in [3.63, 3.8) is 0 Å². The van der Waals surface area contributed by atoms with Gasteiger partial charge in [-0.05, 0) is 19.5 Å². The standard InChI is InChI=1S/C15H21N3O2S/c1-11(16-14(19)13-10-21-15(20)17-13)8-18(2)9-12-6-4-3-5-7-12/h3-7,11,13H,8-10H2,1-2H3,(H,16,19)(H,17,20)/t11-,13+/m1/s1. The van der Waals surface area contributed by atoms with Crippen LogP contribution < -0.4 is 10.6 Å². The van der Waals surface area contributed by atoms with E-state index in [1.165, 1.54) is 5.56 Å². The molecule has 6 heteroatoms. The number of likely N-dealkylation sites (N-methyl/N-ethyl adjacent to an activating group) is 1. The predicted molar refractivity (Wildman–Crippen MR) is 85.2 cm³/mol. The van der Waals surface area contributed by atoms with Crippen LogP contribution >= 0.6 is 11.8 Å². The summed E-state index contributed by atoms with van der Waals surface area (Å²) in [6.07, 6.45) is 0. The highest BCUT2D eigenvalue weighted by Crippen LogP contribution is 2.13. The van der Waals surface area contributed by atoms with Crippen molar-refractivity contribution in [3.8, 4) is 0 Å². The summed E-state index contributed by atoms with van der Waals surface area (Å²) in [5.41, 5.74) is 1.25. The van der Waals surface area contributed by atoms with E-state index in [-0.39, 0.29) is 17.2 Å². The van der Waals surface area contributed by atoms with Crippen molar-refractivity contribution in [1.82, 2.24) is 15.5 Å². The van der Waals surface area contributed by atoms with Crippen molar-refractivity contribution in [2.75, 3.05) is 19.3 Å². The number of benzene rings is 1. The minimum Gasteiger partial charge on any atom is -0.351 e. The summed E-state index contributed by atoms with van der Waals surface area (Å²) in [5, 5.41) is 5.48. The van der Waals surface area contributed by atoms with Crippen LogP contribution in [0.15, 0.2) is 30.3 Å². The molecule has 1 heterocycles. The number of hydrogen-bond acceptors (Lipinski definition) is 4. The fourth-order valence-corrected chi connectivity index (χ4v) is 3.12. The van der Waals surface area contributed by atoms with E-state index in [4.69, 9.17) is 0 Å². The number of nitrogens with one attached hydrogen (secondary N) is 2. The lowest BCUT2D eigenvalue weighted by molar-refractivity contribution is -0.123. The van der Waals surface area contributed by atoms with Crippen molar-refractivity contribution in [2.24, 2.45) is 0 Å². The molecule has 0 aromatic heterocycles. The number of nitrogens with zero attached hydrogens (tertiary/aromatic N) is 1. The third-order valence-electron chi connectivity index (χ3n) is 3.26. The van der Waals surface area contributed by atoms with Gasteiger partial charge in [-0.3, -0.25) is 9.59 Å². The number of carbonyl (C=O) groups is 2. The van der Waals surface area contributed by atoms with Crippen LogP contribution in [-0.2, 0) is 11.3 Å². The second-order valence-electron chi connectivity index (χ2n) is 5.39. The Hall–Kier alpha value is -1.53. The molecule has 1 aliphatic heterocycles. The molecule has 0 saturated carbocycles. The van der Waals surface area contributed by atoms with Gasteiger partial charge in [0, 0.05) is 24.9 Å². The maximum absolute atomic E-state index is 12.0. The second kappa shape index (κ2) is 7.47. The van der Waals surface area contributed by atoms with Crippen molar-refractivity contribution >= 4 is 22.9 Å². The Morgan fingerprint density at radius 1 is 1.48 bits per heavy atom. The topological polar surface area (TPSA) is 61.4 Å². The smallest absolute Gasteiger partial charge is 0.279 e. The van der Waals surface area contributed by atoms with E-state index < -0.39 is 6.04 Å². The number of carbonyl (C=O) groups excluding carboxylic acids is 2. The molecule has 0 bridgehead atoms. The lowest BCUT2D eigenvalue weighted by Gasteiger charge is -2.23. The summed E-state index contributed by atoms with van der Waals surface area (Å²) in [5.74, 6) is 0.408. The highest BCUT2D eigenvalue weighted by molar-refractivity contribution is 8.14. The quantitative estimate of drug-likeness (QED) is 0.835. The number of rotatable bonds is 6. The van der Waals surface area contributed by atoms with Gasteiger partial charge in [0.25, 0.3) is 5.24 Å². The maximum Gasteiger partial charge on any atom is 0.279 e. The molecule has 0 unspecified atom stereocenters. The lowest BCUT2D eigenvalue weighted by Crippen LogP contribution is -2.48. The van der Waals surface area contributed by atoms with Crippen molar-refractivity contribution in [3.05, 3.63) is 35.9 Å². The summed E-state index contributed by atoms with van der Waals surface area (Å²) >= 11 is 1.16. The molecule has 1 saturated heterocycles. The van der Waals surface area contributed by atoms with Gasteiger partial charge in [-0.1, -0.05) is 42.1 Å². The first-order valence-corrected chi connectivity index (χ1v) is 7.99.